The molecule has 30 heavy (non-hydrogen) atoms. The zero-order valence-electron chi connectivity index (χ0n) is 17.7. The van der Waals surface area contributed by atoms with Crippen LogP contribution in [0.3, 0.4) is 0 Å². The Hall–Kier alpha value is -1.89. The number of nitrogens with zero attached hydrogens (tertiary/aromatic N) is 1. The zero-order valence-corrected chi connectivity index (χ0v) is 19.3. The van der Waals surface area contributed by atoms with Gasteiger partial charge in [-0.3, -0.25) is 4.79 Å². The van der Waals surface area contributed by atoms with Gasteiger partial charge in [0.15, 0.2) is 0 Å². The van der Waals surface area contributed by atoms with Gasteiger partial charge in [0.25, 0.3) is 0 Å². The summed E-state index contributed by atoms with van der Waals surface area (Å²) in [5.74, 6) is -0.473. The molecule has 2 aromatic carbocycles. The first-order valence-corrected chi connectivity index (χ1v) is 12.2. The van der Waals surface area contributed by atoms with Gasteiger partial charge in [0.2, 0.25) is 15.9 Å². The molecule has 2 aromatic rings. The maximum Gasteiger partial charge on any atom is 0.243 e. The van der Waals surface area contributed by atoms with Gasteiger partial charge in [0, 0.05) is 23.8 Å². The predicted octanol–water partition coefficient (Wildman–Crippen LogP) is 5.20. The summed E-state index contributed by atoms with van der Waals surface area (Å²) in [5.41, 5.74) is 2.22. The Morgan fingerprint density at radius 1 is 1.03 bits per heavy atom. The van der Waals surface area contributed by atoms with Crippen LogP contribution in [-0.4, -0.2) is 31.7 Å². The fourth-order valence-electron chi connectivity index (χ4n) is 3.87. The molecule has 1 fully saturated rings. The number of aryl methyl sites for hydroxylation is 1. The number of anilines is 1. The topological polar surface area (TPSA) is 66.5 Å². The lowest BCUT2D eigenvalue weighted by molar-refractivity contribution is -0.118. The molecule has 0 radical (unpaired) electrons. The van der Waals surface area contributed by atoms with E-state index in [0.717, 1.165) is 30.4 Å². The van der Waals surface area contributed by atoms with Crippen LogP contribution in [0.1, 0.15) is 50.2 Å². The number of hydrogen-bond acceptors (Lipinski definition) is 3. The lowest BCUT2D eigenvalue weighted by Gasteiger charge is -2.26. The van der Waals surface area contributed by atoms with Crippen molar-refractivity contribution in [3.05, 3.63) is 58.6 Å². The van der Waals surface area contributed by atoms with Crippen LogP contribution in [0.2, 0.25) is 5.02 Å². The van der Waals surface area contributed by atoms with Gasteiger partial charge in [-0.05, 0) is 61.1 Å². The third kappa shape index (κ3) is 5.05. The predicted molar refractivity (Wildman–Crippen MR) is 121 cm³/mol. The van der Waals surface area contributed by atoms with Gasteiger partial charge < -0.3 is 5.32 Å². The van der Waals surface area contributed by atoms with Crippen molar-refractivity contribution >= 4 is 33.2 Å². The number of hydrogen-bond donors (Lipinski definition) is 1. The molecule has 1 heterocycles. The van der Waals surface area contributed by atoms with Gasteiger partial charge in [0.1, 0.15) is 0 Å². The van der Waals surface area contributed by atoms with E-state index >= 15 is 0 Å². The number of rotatable bonds is 6. The highest BCUT2D eigenvalue weighted by atomic mass is 35.5. The van der Waals surface area contributed by atoms with Crippen LogP contribution >= 0.6 is 11.6 Å². The Labute approximate surface area is 184 Å². The normalized spacial score (nSPS) is 16.4. The minimum absolute atomic E-state index is 0.0618. The average Bonchev–Trinajstić information content (AvgIpc) is 2.71. The van der Waals surface area contributed by atoms with Crippen LogP contribution < -0.4 is 5.32 Å². The van der Waals surface area contributed by atoms with Gasteiger partial charge >= 0.3 is 0 Å². The van der Waals surface area contributed by atoms with Crippen LogP contribution in [-0.2, 0) is 14.8 Å². The quantitative estimate of drug-likeness (QED) is 0.660. The summed E-state index contributed by atoms with van der Waals surface area (Å²) in [4.78, 5) is 13.4. The zero-order chi connectivity index (χ0) is 21.9. The Kier molecular flexibility index (Phi) is 7.22. The summed E-state index contributed by atoms with van der Waals surface area (Å²) in [6, 6.07) is 12.2. The highest BCUT2D eigenvalue weighted by Crippen LogP contribution is 2.30. The minimum Gasteiger partial charge on any atom is -0.325 e. The van der Waals surface area contributed by atoms with Crippen molar-refractivity contribution in [2.24, 2.45) is 5.92 Å². The van der Waals surface area contributed by atoms with E-state index in [2.05, 4.69) is 5.32 Å². The van der Waals surface area contributed by atoms with Crippen molar-refractivity contribution in [3.63, 3.8) is 0 Å². The summed E-state index contributed by atoms with van der Waals surface area (Å²) in [5, 5.41) is 3.58. The molecule has 1 aliphatic heterocycles. The van der Waals surface area contributed by atoms with E-state index in [1.54, 1.807) is 30.3 Å². The van der Waals surface area contributed by atoms with E-state index < -0.39 is 10.0 Å². The van der Waals surface area contributed by atoms with Crippen molar-refractivity contribution < 1.29 is 13.2 Å². The number of halogens is 1. The van der Waals surface area contributed by atoms with Crippen molar-refractivity contribution in [3.8, 4) is 0 Å². The highest BCUT2D eigenvalue weighted by molar-refractivity contribution is 7.89. The molecule has 7 heteroatoms. The third-order valence-corrected chi connectivity index (χ3v) is 7.74. The second kappa shape index (κ2) is 9.50. The highest BCUT2D eigenvalue weighted by Gasteiger charge is 2.28. The monoisotopic (exact) mass is 448 g/mol. The maximum atomic E-state index is 13.2. The molecule has 0 aliphatic carbocycles. The molecule has 0 bridgehead atoms. The molecular formula is C23H29ClN2O3S. The molecule has 1 atom stereocenters. The number of sulfonamides is 1. The van der Waals surface area contributed by atoms with Crippen molar-refractivity contribution in [1.82, 2.24) is 4.31 Å². The summed E-state index contributed by atoms with van der Waals surface area (Å²) < 4.78 is 27.6. The van der Waals surface area contributed by atoms with Gasteiger partial charge in [-0.1, -0.05) is 50.1 Å². The second-order valence-corrected chi connectivity index (χ2v) is 10.6. The van der Waals surface area contributed by atoms with Crippen molar-refractivity contribution in [2.45, 2.75) is 50.8 Å². The number of carbonyl (C=O) groups excluding carboxylic acids is 1. The Morgan fingerprint density at radius 3 is 2.27 bits per heavy atom. The molecule has 1 N–H and O–H groups in total. The SMILES string of the molecule is Cc1ccc(S(=O)(=O)N2CCCCC2)cc1NC(=O)[C@@H](c1ccc(Cl)cc1)C(C)C. The number of amides is 1. The van der Waals surface area contributed by atoms with E-state index in [1.807, 2.05) is 32.9 Å². The molecule has 162 valence electrons. The molecule has 1 amide bonds. The fraction of sp³-hybridized carbons (Fsp3) is 0.435. The molecule has 0 aromatic heterocycles. The van der Waals surface area contributed by atoms with Crippen LogP contribution in [0.25, 0.3) is 0 Å². The molecule has 0 spiro atoms. The number of piperidine rings is 1. The van der Waals surface area contributed by atoms with Gasteiger partial charge in [-0.25, -0.2) is 8.42 Å². The third-order valence-electron chi connectivity index (χ3n) is 5.60. The smallest absolute Gasteiger partial charge is 0.243 e. The Morgan fingerprint density at radius 2 is 1.67 bits per heavy atom. The van der Waals surface area contributed by atoms with E-state index in [9.17, 15) is 13.2 Å². The second-order valence-electron chi connectivity index (χ2n) is 8.20. The van der Waals surface area contributed by atoms with Gasteiger partial charge in [-0.15, -0.1) is 0 Å². The van der Waals surface area contributed by atoms with Gasteiger partial charge in [0.05, 0.1) is 10.8 Å². The molecule has 0 saturated carbocycles. The molecule has 3 rings (SSSR count). The van der Waals surface area contributed by atoms with Crippen LogP contribution in [0, 0.1) is 12.8 Å². The first-order chi connectivity index (χ1) is 14.2. The average molecular weight is 449 g/mol. The fourth-order valence-corrected chi connectivity index (χ4v) is 5.54. The summed E-state index contributed by atoms with van der Waals surface area (Å²) in [7, 11) is -3.56. The van der Waals surface area contributed by atoms with E-state index in [4.69, 9.17) is 11.6 Å². The Balaban J connectivity index is 1.87. The van der Waals surface area contributed by atoms with Crippen molar-refractivity contribution in [2.75, 3.05) is 18.4 Å². The summed E-state index contributed by atoms with van der Waals surface area (Å²) in [6.07, 6.45) is 2.82. The Bertz CT molecular complexity index is 998. The van der Waals surface area contributed by atoms with E-state index in [1.165, 1.54) is 4.31 Å². The summed E-state index contributed by atoms with van der Waals surface area (Å²) in [6.45, 7) is 6.93. The molecule has 1 aliphatic rings. The molecule has 5 nitrogen and oxygen atoms in total. The number of nitrogens with one attached hydrogen (secondary N) is 1. The number of carbonyl (C=O) groups is 1. The van der Waals surface area contributed by atoms with Crippen LogP contribution in [0.15, 0.2) is 47.4 Å². The van der Waals surface area contributed by atoms with E-state index in [0.29, 0.717) is 23.8 Å². The molecular weight excluding hydrogens is 420 g/mol. The van der Waals surface area contributed by atoms with Gasteiger partial charge in [-0.2, -0.15) is 4.31 Å². The lowest BCUT2D eigenvalue weighted by atomic mass is 9.87. The largest absolute Gasteiger partial charge is 0.325 e. The standard InChI is InChI=1S/C23H29ClN2O3S/c1-16(2)22(18-8-10-19(24)11-9-18)23(27)25-21-15-20(12-7-17(21)3)30(28,29)26-13-5-4-6-14-26/h7-12,15-16,22H,4-6,13-14H2,1-3H3,(H,25,27)/t22-/m1/s1. The van der Waals surface area contributed by atoms with Crippen LogP contribution in [0.5, 0.6) is 0 Å². The maximum absolute atomic E-state index is 13.2. The number of benzene rings is 2. The van der Waals surface area contributed by atoms with Crippen molar-refractivity contribution in [1.29, 1.82) is 0 Å². The lowest BCUT2D eigenvalue weighted by Crippen LogP contribution is -2.35. The van der Waals surface area contributed by atoms with Crippen LogP contribution in [0.4, 0.5) is 5.69 Å². The molecule has 1 saturated heterocycles. The first kappa shape index (κ1) is 22.8. The summed E-state index contributed by atoms with van der Waals surface area (Å²) >= 11 is 5.99. The van der Waals surface area contributed by atoms with E-state index in [-0.39, 0.29) is 22.6 Å². The first-order valence-electron chi connectivity index (χ1n) is 10.4. The molecule has 0 unspecified atom stereocenters. The minimum atomic E-state index is -3.56.